The number of aromatic nitrogens is 2. The van der Waals surface area contributed by atoms with Crippen LogP contribution >= 0.6 is 23.2 Å². The van der Waals surface area contributed by atoms with E-state index in [9.17, 15) is 0 Å². The van der Waals surface area contributed by atoms with Crippen molar-refractivity contribution in [1.82, 2.24) is 4.57 Å². The van der Waals surface area contributed by atoms with Gasteiger partial charge in [-0.15, -0.1) is 0 Å². The lowest BCUT2D eigenvalue weighted by molar-refractivity contribution is -0.647. The van der Waals surface area contributed by atoms with Crippen molar-refractivity contribution in [3.05, 3.63) is 106 Å². The summed E-state index contributed by atoms with van der Waals surface area (Å²) in [6.45, 7) is 0.784. The van der Waals surface area contributed by atoms with E-state index in [1.54, 1.807) is 0 Å². The zero-order chi connectivity index (χ0) is 20.0. The van der Waals surface area contributed by atoms with Crippen LogP contribution in [-0.2, 0) is 13.6 Å². The molecular weight excluding hydrogens is 479 g/mol. The molecule has 0 spiro atoms. The van der Waals surface area contributed by atoms with E-state index in [2.05, 4.69) is 76.9 Å². The predicted octanol–water partition coefficient (Wildman–Crippen LogP) is 3.41. The number of imidazole rings is 1. The van der Waals surface area contributed by atoms with Crippen LogP contribution in [0, 0.1) is 0 Å². The molecule has 0 bridgehead atoms. The Morgan fingerprint density at radius 1 is 0.767 bits per heavy atom. The van der Waals surface area contributed by atoms with Crippen LogP contribution in [0.4, 0.5) is 0 Å². The minimum absolute atomic E-state index is 0. The normalized spacial score (nSPS) is 13.2. The molecule has 5 rings (SSSR count). The van der Waals surface area contributed by atoms with Gasteiger partial charge in [-0.1, -0.05) is 59.6 Å². The largest absolute Gasteiger partial charge is 1.00 e. The highest BCUT2D eigenvalue weighted by Gasteiger charge is 2.25. The van der Waals surface area contributed by atoms with Crippen molar-refractivity contribution in [2.75, 3.05) is 0 Å². The lowest BCUT2D eigenvalue weighted by atomic mass is 9.99. The fourth-order valence-electron chi connectivity index (χ4n) is 3.98. The number of para-hydroxylation sites is 2. The van der Waals surface area contributed by atoms with E-state index in [0.717, 1.165) is 33.6 Å². The van der Waals surface area contributed by atoms with E-state index in [1.807, 2.05) is 24.3 Å². The van der Waals surface area contributed by atoms with Crippen LogP contribution in [0.1, 0.15) is 17.0 Å². The van der Waals surface area contributed by atoms with Crippen LogP contribution in [-0.4, -0.2) is 4.57 Å². The summed E-state index contributed by atoms with van der Waals surface area (Å²) < 4.78 is 4.63. The molecule has 2 nitrogen and oxygen atoms in total. The minimum Gasteiger partial charge on any atom is -1.00 e. The van der Waals surface area contributed by atoms with E-state index in [1.165, 1.54) is 22.2 Å². The number of halogens is 3. The first-order valence-electron chi connectivity index (χ1n) is 9.51. The summed E-state index contributed by atoms with van der Waals surface area (Å²) in [5, 5.41) is 1.49. The van der Waals surface area contributed by atoms with Crippen molar-refractivity contribution in [2.45, 2.75) is 6.54 Å². The highest BCUT2D eigenvalue weighted by atomic mass is 79.9. The first-order chi connectivity index (χ1) is 14.1. The van der Waals surface area contributed by atoms with E-state index in [-0.39, 0.29) is 17.0 Å². The van der Waals surface area contributed by atoms with Crippen LogP contribution in [0.5, 0.6) is 0 Å². The van der Waals surface area contributed by atoms with Gasteiger partial charge >= 0.3 is 0 Å². The molecule has 0 saturated carbocycles. The highest BCUT2D eigenvalue weighted by molar-refractivity contribution is 6.30. The molecule has 1 aliphatic rings. The summed E-state index contributed by atoms with van der Waals surface area (Å²) in [4.78, 5) is 0. The van der Waals surface area contributed by atoms with Crippen molar-refractivity contribution in [3.63, 3.8) is 0 Å². The monoisotopic (exact) mass is 496 g/mol. The van der Waals surface area contributed by atoms with Gasteiger partial charge in [0.1, 0.15) is 6.54 Å². The third-order valence-electron chi connectivity index (χ3n) is 5.49. The van der Waals surface area contributed by atoms with Crippen LogP contribution in [0.3, 0.4) is 0 Å². The van der Waals surface area contributed by atoms with Crippen molar-refractivity contribution in [2.24, 2.45) is 7.05 Å². The standard InChI is InChI=1S/C25H19Cl2N2.BrH/c1-28-23-4-2-3-5-24(23)29-16-20(18-8-12-22(27)13-9-18)14-19(15-25(28)29)17-6-10-21(26)11-7-17;/h2-15H,16H2,1H3;1H/q+1;/p-1. The summed E-state index contributed by atoms with van der Waals surface area (Å²) in [6.07, 6.45) is 4.53. The lowest BCUT2D eigenvalue weighted by Crippen LogP contribution is -3.00. The Kier molecular flexibility index (Phi) is 5.88. The minimum atomic E-state index is 0. The van der Waals surface area contributed by atoms with Crippen molar-refractivity contribution < 1.29 is 21.5 Å². The molecule has 0 N–H and O–H groups in total. The lowest BCUT2D eigenvalue weighted by Gasteiger charge is -2.07. The Labute approximate surface area is 196 Å². The molecule has 0 amide bonds. The Bertz CT molecular complexity index is 1280. The van der Waals surface area contributed by atoms with E-state index >= 15 is 0 Å². The quantitative estimate of drug-likeness (QED) is 0.375. The molecule has 0 atom stereocenters. The number of hydrogen-bond donors (Lipinski definition) is 0. The molecule has 3 aromatic carbocycles. The maximum absolute atomic E-state index is 6.13. The molecule has 1 aliphatic heterocycles. The molecule has 1 aromatic heterocycles. The average molecular weight is 498 g/mol. The molecule has 0 aliphatic carbocycles. The van der Waals surface area contributed by atoms with Gasteiger partial charge in [0.2, 0.25) is 0 Å². The van der Waals surface area contributed by atoms with Gasteiger partial charge in [0.15, 0.2) is 11.0 Å². The molecule has 0 radical (unpaired) electrons. The summed E-state index contributed by atoms with van der Waals surface area (Å²) in [7, 11) is 2.12. The van der Waals surface area contributed by atoms with Gasteiger partial charge in [0, 0.05) is 21.7 Å². The summed E-state index contributed by atoms with van der Waals surface area (Å²) in [5.41, 5.74) is 7.14. The van der Waals surface area contributed by atoms with Crippen molar-refractivity contribution >= 4 is 51.5 Å². The van der Waals surface area contributed by atoms with Crippen LogP contribution in [0.2, 0.25) is 10.0 Å². The van der Waals surface area contributed by atoms with Gasteiger partial charge in [-0.3, -0.25) is 0 Å². The van der Waals surface area contributed by atoms with Gasteiger partial charge in [-0.2, -0.15) is 0 Å². The third kappa shape index (κ3) is 3.74. The summed E-state index contributed by atoms with van der Waals surface area (Å²) in [6, 6.07) is 24.6. The van der Waals surface area contributed by atoms with Crippen molar-refractivity contribution in [1.29, 1.82) is 0 Å². The Balaban J connectivity index is 0.00000218. The van der Waals surface area contributed by atoms with Crippen LogP contribution in [0.25, 0.3) is 28.3 Å². The Morgan fingerprint density at radius 2 is 1.37 bits per heavy atom. The molecule has 0 unspecified atom stereocenters. The van der Waals surface area contributed by atoms with Gasteiger partial charge in [0.05, 0.1) is 7.05 Å². The second-order valence-electron chi connectivity index (χ2n) is 7.28. The fraction of sp³-hybridized carbons (Fsp3) is 0.0800. The molecule has 0 fully saturated rings. The maximum Gasteiger partial charge on any atom is 0.283 e. The SMILES string of the molecule is C[n+]1c2n(c3ccccc31)CC(c1ccc(Cl)cc1)=CC(c1ccc(Cl)cc1)=C2.[Br-]. The molecule has 4 aromatic rings. The van der Waals surface area contributed by atoms with Crippen molar-refractivity contribution in [3.8, 4) is 0 Å². The first-order valence-corrected chi connectivity index (χ1v) is 10.3. The molecular formula is C25H19BrCl2N2. The molecule has 0 saturated heterocycles. The van der Waals surface area contributed by atoms with Crippen LogP contribution < -0.4 is 21.5 Å². The number of aryl methyl sites for hydroxylation is 1. The topological polar surface area (TPSA) is 8.81 Å². The predicted molar refractivity (Wildman–Crippen MR) is 122 cm³/mol. The maximum atomic E-state index is 6.13. The zero-order valence-electron chi connectivity index (χ0n) is 16.3. The van der Waals surface area contributed by atoms with Crippen LogP contribution in [0.15, 0.2) is 78.9 Å². The first kappa shape index (κ1) is 20.9. The molecule has 5 heteroatoms. The number of rotatable bonds is 2. The number of nitrogens with zero attached hydrogens (tertiary/aromatic N) is 2. The third-order valence-corrected chi connectivity index (χ3v) is 5.99. The van der Waals surface area contributed by atoms with Gasteiger partial charge in [0.25, 0.3) is 5.82 Å². The Hall–Kier alpha value is -2.33. The summed E-state index contributed by atoms with van der Waals surface area (Å²) >= 11 is 12.3. The summed E-state index contributed by atoms with van der Waals surface area (Å²) in [5.74, 6) is 1.16. The average Bonchev–Trinajstić information content (AvgIpc) is 2.89. The van der Waals surface area contributed by atoms with E-state index < -0.39 is 0 Å². The second-order valence-corrected chi connectivity index (χ2v) is 8.15. The zero-order valence-corrected chi connectivity index (χ0v) is 19.4. The smallest absolute Gasteiger partial charge is 0.283 e. The second kappa shape index (κ2) is 8.43. The molecule has 30 heavy (non-hydrogen) atoms. The molecule has 150 valence electrons. The van der Waals surface area contributed by atoms with Gasteiger partial charge < -0.3 is 17.0 Å². The number of fused-ring (bicyclic) bond motifs is 3. The fourth-order valence-corrected chi connectivity index (χ4v) is 4.23. The highest BCUT2D eigenvalue weighted by Crippen LogP contribution is 2.32. The Morgan fingerprint density at radius 3 is 2.03 bits per heavy atom. The van der Waals surface area contributed by atoms with E-state index in [0.29, 0.717) is 0 Å². The number of hydrogen-bond acceptors (Lipinski definition) is 0. The molecule has 2 heterocycles. The van der Waals surface area contributed by atoms with E-state index in [4.69, 9.17) is 23.2 Å². The van der Waals surface area contributed by atoms with Gasteiger partial charge in [-0.05, 0) is 59.2 Å². The number of benzene rings is 3. The van der Waals surface area contributed by atoms with Gasteiger partial charge in [-0.25, -0.2) is 9.13 Å². The number of allylic oxidation sites excluding steroid dienone is 3.